The first kappa shape index (κ1) is 13.7. The predicted molar refractivity (Wildman–Crippen MR) is 77.6 cm³/mol. The van der Waals surface area contributed by atoms with Gasteiger partial charge in [-0.3, -0.25) is 0 Å². The Morgan fingerprint density at radius 1 is 1.19 bits per heavy atom. The number of hydrogen-bond acceptors (Lipinski definition) is 4. The Kier molecular flexibility index (Phi) is 3.92. The van der Waals surface area contributed by atoms with E-state index in [1.54, 1.807) is 10.7 Å². The molecule has 0 saturated heterocycles. The highest BCUT2D eigenvalue weighted by Gasteiger charge is 2.04. The van der Waals surface area contributed by atoms with Crippen LogP contribution in [-0.2, 0) is 6.61 Å². The van der Waals surface area contributed by atoms with Gasteiger partial charge in [-0.2, -0.15) is 0 Å². The van der Waals surface area contributed by atoms with Gasteiger partial charge < -0.3 is 4.74 Å². The number of benzene rings is 2. The van der Waals surface area contributed by atoms with Crippen molar-refractivity contribution >= 4 is 15.9 Å². The molecule has 0 radical (unpaired) electrons. The Morgan fingerprint density at radius 2 is 2.10 bits per heavy atom. The number of rotatable bonds is 4. The Labute approximate surface area is 128 Å². The van der Waals surface area contributed by atoms with Gasteiger partial charge in [0.05, 0.1) is 5.69 Å². The minimum atomic E-state index is -0.286. The molecule has 0 aliphatic rings. The van der Waals surface area contributed by atoms with Crippen molar-refractivity contribution in [2.45, 2.75) is 6.61 Å². The van der Waals surface area contributed by atoms with Gasteiger partial charge in [-0.05, 0) is 34.7 Å². The maximum Gasteiger partial charge on any atom is 0.143 e. The Balaban J connectivity index is 1.75. The molecule has 1 heterocycles. The number of hydrogen-bond donors (Lipinski definition) is 0. The smallest absolute Gasteiger partial charge is 0.143 e. The maximum atomic E-state index is 13.0. The van der Waals surface area contributed by atoms with Crippen LogP contribution in [0.4, 0.5) is 4.39 Å². The van der Waals surface area contributed by atoms with Crippen molar-refractivity contribution in [1.82, 2.24) is 20.2 Å². The van der Waals surface area contributed by atoms with E-state index >= 15 is 0 Å². The molecule has 3 rings (SSSR count). The third-order valence-electron chi connectivity index (χ3n) is 2.84. The lowest BCUT2D eigenvalue weighted by atomic mass is 10.2. The Bertz CT molecular complexity index is 748. The van der Waals surface area contributed by atoms with E-state index in [-0.39, 0.29) is 5.82 Å². The SMILES string of the molecule is Fc1ccc(COc2cccc(-n3cnnn3)c2)c(Br)c1. The van der Waals surface area contributed by atoms with Crippen LogP contribution in [0.5, 0.6) is 5.75 Å². The van der Waals surface area contributed by atoms with E-state index in [2.05, 4.69) is 31.5 Å². The Morgan fingerprint density at radius 3 is 2.86 bits per heavy atom. The van der Waals surface area contributed by atoms with E-state index in [0.29, 0.717) is 16.8 Å². The molecule has 0 spiro atoms. The first-order chi connectivity index (χ1) is 10.2. The van der Waals surface area contributed by atoms with Gasteiger partial charge in [0.25, 0.3) is 0 Å². The molecule has 2 aromatic carbocycles. The lowest BCUT2D eigenvalue weighted by Gasteiger charge is -2.09. The number of tetrazole rings is 1. The lowest BCUT2D eigenvalue weighted by Crippen LogP contribution is -1.99. The van der Waals surface area contributed by atoms with Gasteiger partial charge in [0.1, 0.15) is 24.5 Å². The highest BCUT2D eigenvalue weighted by molar-refractivity contribution is 9.10. The fourth-order valence-corrected chi connectivity index (χ4v) is 2.26. The number of halogens is 2. The predicted octanol–water partition coefficient (Wildman–Crippen LogP) is 3.14. The van der Waals surface area contributed by atoms with Crippen molar-refractivity contribution < 1.29 is 9.13 Å². The van der Waals surface area contributed by atoms with Gasteiger partial charge in [0, 0.05) is 16.1 Å². The summed E-state index contributed by atoms with van der Waals surface area (Å²) in [4.78, 5) is 0. The fourth-order valence-electron chi connectivity index (χ4n) is 1.80. The minimum Gasteiger partial charge on any atom is -0.489 e. The molecule has 3 aromatic rings. The van der Waals surface area contributed by atoms with E-state index in [0.717, 1.165) is 11.3 Å². The van der Waals surface area contributed by atoms with Crippen molar-refractivity contribution in [3.05, 3.63) is 64.6 Å². The van der Waals surface area contributed by atoms with Gasteiger partial charge in [0.15, 0.2) is 0 Å². The highest BCUT2D eigenvalue weighted by atomic mass is 79.9. The van der Waals surface area contributed by atoms with Crippen LogP contribution < -0.4 is 4.74 Å². The Hall–Kier alpha value is -2.28. The molecule has 0 N–H and O–H groups in total. The average molecular weight is 349 g/mol. The van der Waals surface area contributed by atoms with Crippen LogP contribution in [0.1, 0.15) is 5.56 Å². The molecule has 0 atom stereocenters. The second kappa shape index (κ2) is 6.01. The summed E-state index contributed by atoms with van der Waals surface area (Å²) in [5, 5.41) is 11.0. The zero-order chi connectivity index (χ0) is 14.7. The molecular formula is C14H10BrFN4O. The van der Waals surface area contributed by atoms with Crippen LogP contribution in [0.2, 0.25) is 0 Å². The topological polar surface area (TPSA) is 52.8 Å². The second-order valence-corrected chi connectivity index (χ2v) is 5.13. The van der Waals surface area contributed by atoms with Crippen LogP contribution in [0, 0.1) is 5.82 Å². The molecule has 106 valence electrons. The van der Waals surface area contributed by atoms with Gasteiger partial charge in [-0.15, -0.1) is 5.10 Å². The largest absolute Gasteiger partial charge is 0.489 e. The third-order valence-corrected chi connectivity index (χ3v) is 3.58. The molecule has 0 amide bonds. The normalized spacial score (nSPS) is 10.6. The molecule has 7 heteroatoms. The van der Waals surface area contributed by atoms with Crippen molar-refractivity contribution in [2.75, 3.05) is 0 Å². The van der Waals surface area contributed by atoms with Crippen LogP contribution >= 0.6 is 15.9 Å². The zero-order valence-corrected chi connectivity index (χ0v) is 12.4. The maximum absolute atomic E-state index is 13.0. The van der Waals surface area contributed by atoms with Crippen molar-refractivity contribution in [1.29, 1.82) is 0 Å². The first-order valence-corrected chi connectivity index (χ1v) is 6.92. The van der Waals surface area contributed by atoms with Crippen molar-refractivity contribution in [3.63, 3.8) is 0 Å². The number of aromatic nitrogens is 4. The quantitative estimate of drug-likeness (QED) is 0.726. The van der Waals surface area contributed by atoms with Crippen molar-refractivity contribution in [2.24, 2.45) is 0 Å². The number of ether oxygens (including phenoxy) is 1. The molecule has 0 aliphatic carbocycles. The second-order valence-electron chi connectivity index (χ2n) is 4.28. The van der Waals surface area contributed by atoms with Crippen molar-refractivity contribution in [3.8, 4) is 11.4 Å². The summed E-state index contributed by atoms with van der Waals surface area (Å²) >= 11 is 3.32. The molecule has 0 bridgehead atoms. The summed E-state index contributed by atoms with van der Waals surface area (Å²) in [5.74, 6) is 0.394. The van der Waals surface area contributed by atoms with E-state index in [1.807, 2.05) is 24.3 Å². The van der Waals surface area contributed by atoms with E-state index in [9.17, 15) is 4.39 Å². The minimum absolute atomic E-state index is 0.286. The summed E-state index contributed by atoms with van der Waals surface area (Å²) in [6.07, 6.45) is 1.51. The molecule has 1 aromatic heterocycles. The molecule has 0 fully saturated rings. The summed E-state index contributed by atoms with van der Waals surface area (Å²) in [5.41, 5.74) is 1.67. The van der Waals surface area contributed by atoms with E-state index < -0.39 is 0 Å². The monoisotopic (exact) mass is 348 g/mol. The standard InChI is InChI=1S/C14H10BrFN4O/c15-14-6-11(16)5-4-10(14)8-21-13-3-1-2-12(7-13)20-9-17-18-19-20/h1-7,9H,8H2. The molecule has 0 saturated carbocycles. The first-order valence-electron chi connectivity index (χ1n) is 6.12. The zero-order valence-electron chi connectivity index (χ0n) is 10.8. The molecule has 21 heavy (non-hydrogen) atoms. The van der Waals surface area contributed by atoms with Crippen LogP contribution in [0.25, 0.3) is 5.69 Å². The van der Waals surface area contributed by atoms with Crippen LogP contribution in [0.15, 0.2) is 53.3 Å². The van der Waals surface area contributed by atoms with Gasteiger partial charge in [0.2, 0.25) is 0 Å². The summed E-state index contributed by atoms with van der Waals surface area (Å²) in [6.45, 7) is 0.333. The highest BCUT2D eigenvalue weighted by Crippen LogP contribution is 2.21. The van der Waals surface area contributed by atoms with Gasteiger partial charge in [-0.25, -0.2) is 9.07 Å². The summed E-state index contributed by atoms with van der Waals surface area (Å²) in [7, 11) is 0. The number of nitrogens with zero attached hydrogens (tertiary/aromatic N) is 4. The van der Waals surface area contributed by atoms with E-state index in [4.69, 9.17) is 4.74 Å². The fraction of sp³-hybridized carbons (Fsp3) is 0.0714. The molecule has 0 unspecified atom stereocenters. The third kappa shape index (κ3) is 3.25. The van der Waals surface area contributed by atoms with Gasteiger partial charge >= 0.3 is 0 Å². The van der Waals surface area contributed by atoms with Crippen LogP contribution in [0.3, 0.4) is 0 Å². The molecular weight excluding hydrogens is 339 g/mol. The lowest BCUT2D eigenvalue weighted by molar-refractivity contribution is 0.305. The van der Waals surface area contributed by atoms with Crippen LogP contribution in [-0.4, -0.2) is 20.2 Å². The molecule has 5 nitrogen and oxygen atoms in total. The summed E-state index contributed by atoms with van der Waals surface area (Å²) < 4.78 is 21.0. The average Bonchev–Trinajstić information content (AvgIpc) is 3.01. The van der Waals surface area contributed by atoms with E-state index in [1.165, 1.54) is 18.5 Å². The summed E-state index contributed by atoms with van der Waals surface area (Å²) in [6, 6.07) is 11.9. The molecule has 0 aliphatic heterocycles. The van der Waals surface area contributed by atoms with Gasteiger partial charge in [-0.1, -0.05) is 28.1 Å².